The molecule has 0 N–H and O–H groups in total. The Balaban J connectivity index is 3.35. The molecule has 0 aromatic carbocycles. The molecule has 0 aliphatic carbocycles. The molecule has 3 nitrogen and oxygen atoms in total. The van der Waals surface area contributed by atoms with Crippen LogP contribution in [0.1, 0.15) is 10.6 Å². The molecule has 114 valence electrons. The molecule has 1 aromatic rings. The summed E-state index contributed by atoms with van der Waals surface area (Å²) in [5, 5.41) is 0. The molecule has 0 amide bonds. The average molecular weight is 318 g/mol. The van der Waals surface area contributed by atoms with Gasteiger partial charge in [0.15, 0.2) is 0 Å². The van der Waals surface area contributed by atoms with Crippen LogP contribution in [0.2, 0.25) is 0 Å². The lowest BCUT2D eigenvalue weighted by Crippen LogP contribution is -2.56. The third-order valence-electron chi connectivity index (χ3n) is 1.97. The van der Waals surface area contributed by atoms with E-state index in [0.717, 1.165) is 0 Å². The molecule has 1 heterocycles. The van der Waals surface area contributed by atoms with Gasteiger partial charge in [-0.15, -0.1) is 4.79 Å². The minimum atomic E-state index is -6.89. The molecule has 0 saturated carbocycles. The molecule has 0 aliphatic heterocycles. The third kappa shape index (κ3) is 2.10. The number of carbonyl (C=O) groups is 1. The number of alkyl halides is 7. The Morgan fingerprint density at radius 3 is 1.75 bits per heavy atom. The molecular formula is C7F10N2O. The van der Waals surface area contributed by atoms with E-state index in [1.165, 1.54) is 0 Å². The first-order chi connectivity index (χ1) is 8.75. The smallest absolute Gasteiger partial charge is 0.283 e. The topological polar surface area (TPSA) is 34.9 Å². The van der Waals surface area contributed by atoms with Gasteiger partial charge in [-0.1, -0.05) is 4.48 Å². The van der Waals surface area contributed by atoms with E-state index >= 15 is 0 Å². The quantitative estimate of drug-likeness (QED) is 0.634. The van der Waals surface area contributed by atoms with Crippen molar-refractivity contribution in [3.05, 3.63) is 17.7 Å². The fraction of sp³-hybridized carbons (Fsp3) is 0.429. The van der Waals surface area contributed by atoms with Gasteiger partial charge in [0.05, 0.1) is 0 Å². The summed E-state index contributed by atoms with van der Waals surface area (Å²) in [6, 6.07) is 0. The van der Waals surface area contributed by atoms with Gasteiger partial charge in [0.25, 0.3) is 17.7 Å². The maximum absolute atomic E-state index is 12.8. The number of nitrogens with zero attached hydrogens (tertiary/aromatic N) is 2. The van der Waals surface area contributed by atoms with Gasteiger partial charge in [0.1, 0.15) is 0 Å². The highest BCUT2D eigenvalue weighted by Gasteiger charge is 2.76. The van der Waals surface area contributed by atoms with E-state index in [9.17, 15) is 48.8 Å². The largest absolute Gasteiger partial charge is 0.460 e. The lowest BCUT2D eigenvalue weighted by molar-refractivity contribution is -0.339. The maximum Gasteiger partial charge on any atom is 0.460 e. The van der Waals surface area contributed by atoms with Gasteiger partial charge in [-0.2, -0.15) is 44.5 Å². The minimum absolute atomic E-state index is 1.81. The molecule has 0 spiro atoms. The number of halogens is 10. The van der Waals surface area contributed by atoms with Gasteiger partial charge in [-0.05, 0) is 0 Å². The summed E-state index contributed by atoms with van der Waals surface area (Å²) in [5.74, 6) is -24.6. The van der Waals surface area contributed by atoms with Crippen molar-refractivity contribution < 1.29 is 48.8 Å². The SMILES string of the molecule is O=C(c1nc(F)c(F)n1F)C(F)(F)C(F)(F)C(F)(F)F. The van der Waals surface area contributed by atoms with Gasteiger partial charge in [-0.25, -0.2) is 0 Å². The van der Waals surface area contributed by atoms with Gasteiger partial charge in [0, 0.05) is 0 Å². The predicted octanol–water partition coefficient (Wildman–Crippen LogP) is 2.91. The molecule has 20 heavy (non-hydrogen) atoms. The zero-order valence-electron chi connectivity index (χ0n) is 8.58. The Hall–Kier alpha value is -1.82. The first kappa shape index (κ1) is 16.2. The second kappa shape index (κ2) is 4.34. The van der Waals surface area contributed by atoms with E-state index in [1.807, 2.05) is 4.98 Å². The van der Waals surface area contributed by atoms with Crippen molar-refractivity contribution in [2.24, 2.45) is 0 Å². The third-order valence-corrected chi connectivity index (χ3v) is 1.97. The molecule has 1 aromatic heterocycles. The number of aromatic nitrogens is 2. The number of rotatable bonds is 3. The first-order valence-corrected chi connectivity index (χ1v) is 4.22. The Labute approximate surface area is 101 Å². The van der Waals surface area contributed by atoms with Crippen LogP contribution < -0.4 is 0 Å². The lowest BCUT2D eigenvalue weighted by Gasteiger charge is -2.26. The molecule has 0 atom stereocenters. The van der Waals surface area contributed by atoms with Crippen molar-refractivity contribution in [1.82, 2.24) is 9.77 Å². The Morgan fingerprint density at radius 1 is 1.00 bits per heavy atom. The zero-order chi connectivity index (χ0) is 16.1. The number of hydrogen-bond donors (Lipinski definition) is 0. The van der Waals surface area contributed by atoms with E-state index in [0.29, 0.717) is 0 Å². The number of ketones is 1. The van der Waals surface area contributed by atoms with E-state index in [2.05, 4.69) is 0 Å². The van der Waals surface area contributed by atoms with Crippen LogP contribution in [0.15, 0.2) is 0 Å². The van der Waals surface area contributed by atoms with Crippen molar-refractivity contribution in [1.29, 1.82) is 0 Å². The summed E-state index contributed by atoms with van der Waals surface area (Å²) in [6.45, 7) is 0. The average Bonchev–Trinajstić information content (AvgIpc) is 2.54. The number of Topliss-reactive ketones (excluding diaryl/α,β-unsaturated/α-hetero) is 1. The number of carbonyl (C=O) groups excluding carboxylic acids is 1. The number of imidazole rings is 1. The summed E-state index contributed by atoms with van der Waals surface area (Å²) in [6.07, 6.45) is -6.86. The standard InChI is InChI=1S/C7F10N2O/c8-2-3(9)19(17)4(18-2)1(20)5(10,11)6(12,13)7(14,15)16. The van der Waals surface area contributed by atoms with Crippen LogP contribution in [0, 0.1) is 11.9 Å². The maximum atomic E-state index is 12.8. The van der Waals surface area contributed by atoms with Gasteiger partial charge in [0.2, 0.25) is 5.82 Å². The van der Waals surface area contributed by atoms with E-state index in [1.54, 1.807) is 0 Å². The molecule has 0 saturated heterocycles. The molecule has 13 heteroatoms. The van der Waals surface area contributed by atoms with Gasteiger partial charge < -0.3 is 0 Å². The van der Waals surface area contributed by atoms with Crippen molar-refractivity contribution >= 4 is 5.78 Å². The summed E-state index contributed by atoms with van der Waals surface area (Å²) in [7, 11) is 0. The molecule has 0 unspecified atom stereocenters. The highest BCUT2D eigenvalue weighted by Crippen LogP contribution is 2.47. The Morgan fingerprint density at radius 2 is 1.45 bits per heavy atom. The van der Waals surface area contributed by atoms with Crippen LogP contribution in [-0.4, -0.2) is 33.6 Å². The summed E-state index contributed by atoms with van der Waals surface area (Å²) >= 11 is 0. The van der Waals surface area contributed by atoms with Crippen LogP contribution in [0.4, 0.5) is 44.0 Å². The van der Waals surface area contributed by atoms with E-state index in [-0.39, 0.29) is 0 Å². The fourth-order valence-corrected chi connectivity index (χ4v) is 0.958. The molecular weight excluding hydrogens is 318 g/mol. The first-order valence-electron chi connectivity index (χ1n) is 4.22. The van der Waals surface area contributed by atoms with E-state index < -0.39 is 46.3 Å². The van der Waals surface area contributed by atoms with Crippen molar-refractivity contribution in [2.45, 2.75) is 18.0 Å². The number of hydrogen-bond acceptors (Lipinski definition) is 2. The van der Waals surface area contributed by atoms with Crippen molar-refractivity contribution in [2.75, 3.05) is 0 Å². The Bertz CT molecular complexity index is 545. The molecule has 1 rings (SSSR count). The Kier molecular flexibility index (Phi) is 3.53. The highest BCUT2D eigenvalue weighted by molar-refractivity contribution is 5.99. The summed E-state index contributed by atoms with van der Waals surface area (Å²) < 4.78 is 123. The fourth-order valence-electron chi connectivity index (χ4n) is 0.958. The van der Waals surface area contributed by atoms with Crippen LogP contribution in [0.25, 0.3) is 0 Å². The van der Waals surface area contributed by atoms with Crippen LogP contribution in [-0.2, 0) is 0 Å². The monoisotopic (exact) mass is 318 g/mol. The van der Waals surface area contributed by atoms with Gasteiger partial charge >= 0.3 is 18.0 Å². The molecule has 0 fully saturated rings. The van der Waals surface area contributed by atoms with E-state index in [4.69, 9.17) is 0 Å². The predicted molar refractivity (Wildman–Crippen MR) is 38.9 cm³/mol. The summed E-state index contributed by atoms with van der Waals surface area (Å²) in [4.78, 5) is 10.8. The molecule has 0 bridgehead atoms. The van der Waals surface area contributed by atoms with Crippen molar-refractivity contribution in [3.8, 4) is 0 Å². The minimum Gasteiger partial charge on any atom is -0.283 e. The second-order valence-corrected chi connectivity index (χ2v) is 3.27. The van der Waals surface area contributed by atoms with Crippen LogP contribution in [0.3, 0.4) is 0 Å². The summed E-state index contributed by atoms with van der Waals surface area (Å²) in [5.41, 5.74) is 0. The molecule has 0 aliphatic rings. The van der Waals surface area contributed by atoms with Crippen molar-refractivity contribution in [3.63, 3.8) is 0 Å². The van der Waals surface area contributed by atoms with Gasteiger partial charge in [-0.3, -0.25) is 4.79 Å². The molecule has 0 radical (unpaired) electrons. The zero-order valence-corrected chi connectivity index (χ0v) is 8.58. The normalized spacial score (nSPS) is 13.7. The second-order valence-electron chi connectivity index (χ2n) is 3.27. The lowest BCUT2D eigenvalue weighted by atomic mass is 10.1. The highest BCUT2D eigenvalue weighted by atomic mass is 19.4. The van der Waals surface area contributed by atoms with Crippen LogP contribution >= 0.6 is 0 Å². The van der Waals surface area contributed by atoms with Crippen LogP contribution in [0.5, 0.6) is 0 Å².